The van der Waals surface area contributed by atoms with Crippen molar-refractivity contribution in [2.24, 2.45) is 11.1 Å². The highest BCUT2D eigenvalue weighted by molar-refractivity contribution is 7.84. The molecule has 0 bridgehead atoms. The molecular formula is C24H25ClN4O6S2. The molecule has 0 unspecified atom stereocenters. The van der Waals surface area contributed by atoms with Gasteiger partial charge in [-0.15, -0.1) is 11.3 Å². The predicted molar refractivity (Wildman–Crippen MR) is 138 cm³/mol. The number of benzene rings is 1. The molecule has 2 aliphatic rings. The van der Waals surface area contributed by atoms with Crippen molar-refractivity contribution < 1.29 is 27.2 Å². The van der Waals surface area contributed by atoms with Gasteiger partial charge in [0, 0.05) is 28.7 Å². The lowest BCUT2D eigenvalue weighted by atomic mass is 9.94. The van der Waals surface area contributed by atoms with Crippen LogP contribution in [0.3, 0.4) is 0 Å². The van der Waals surface area contributed by atoms with E-state index in [0.29, 0.717) is 35.2 Å². The minimum Gasteiger partial charge on any atom is -0.393 e. The summed E-state index contributed by atoms with van der Waals surface area (Å²) in [7, 11) is -4.10. The van der Waals surface area contributed by atoms with Gasteiger partial charge in [0.15, 0.2) is 0 Å². The van der Waals surface area contributed by atoms with Crippen molar-refractivity contribution >= 4 is 44.8 Å². The maximum atomic E-state index is 13.5. The molecular weight excluding hydrogens is 540 g/mol. The largest absolute Gasteiger partial charge is 0.393 e. The molecule has 0 amide bonds. The van der Waals surface area contributed by atoms with Crippen molar-refractivity contribution in [3.05, 3.63) is 74.3 Å². The highest BCUT2D eigenvalue weighted by Crippen LogP contribution is 2.39. The van der Waals surface area contributed by atoms with Gasteiger partial charge in [0.2, 0.25) is 5.78 Å². The zero-order valence-corrected chi connectivity index (χ0v) is 21.9. The smallest absolute Gasteiger partial charge is 0.333 e. The van der Waals surface area contributed by atoms with Gasteiger partial charge in [-0.1, -0.05) is 23.7 Å². The van der Waals surface area contributed by atoms with Gasteiger partial charge < -0.3 is 15.2 Å². The van der Waals surface area contributed by atoms with E-state index in [-0.39, 0.29) is 30.1 Å². The molecule has 0 saturated heterocycles. The van der Waals surface area contributed by atoms with E-state index >= 15 is 0 Å². The number of aromatic nitrogens is 2. The molecule has 13 heteroatoms. The number of thiophene rings is 1. The van der Waals surface area contributed by atoms with Gasteiger partial charge in [-0.25, -0.2) is 15.1 Å². The molecule has 1 fully saturated rings. The molecule has 3 aromatic rings. The number of carbonyl (C=O) groups is 1. The van der Waals surface area contributed by atoms with Gasteiger partial charge in [0.05, 0.1) is 29.8 Å². The Morgan fingerprint density at radius 2 is 2.19 bits per heavy atom. The Morgan fingerprint density at radius 3 is 3.00 bits per heavy atom. The lowest BCUT2D eigenvalue weighted by Gasteiger charge is -2.26. The van der Waals surface area contributed by atoms with Crippen LogP contribution in [0.15, 0.2) is 42.2 Å². The first kappa shape index (κ1) is 26.2. The Morgan fingerprint density at radius 1 is 1.35 bits per heavy atom. The average Bonchev–Trinajstić information content (AvgIpc) is 3.49. The molecule has 1 aliphatic heterocycles. The summed E-state index contributed by atoms with van der Waals surface area (Å²) in [4.78, 5) is 22.3. The molecule has 4 N–H and O–H groups in total. The second-order valence-electron chi connectivity index (χ2n) is 9.09. The quantitative estimate of drug-likeness (QED) is 0.350. The van der Waals surface area contributed by atoms with Gasteiger partial charge >= 0.3 is 10.3 Å². The molecule has 3 heterocycles. The summed E-state index contributed by atoms with van der Waals surface area (Å²) in [5.41, 5.74) is 3.21. The van der Waals surface area contributed by atoms with Crippen LogP contribution < -0.4 is 10.5 Å². The zero-order chi connectivity index (χ0) is 26.2. The minimum atomic E-state index is -4.10. The second kappa shape index (κ2) is 10.7. The molecule has 1 aliphatic carbocycles. The van der Waals surface area contributed by atoms with E-state index in [9.17, 15) is 18.3 Å². The van der Waals surface area contributed by atoms with Gasteiger partial charge in [-0.3, -0.25) is 8.98 Å². The van der Waals surface area contributed by atoms with Gasteiger partial charge in [0.1, 0.15) is 18.2 Å². The normalized spacial score (nSPS) is 23.5. The molecule has 10 nitrogen and oxygen atoms in total. The Hall–Kier alpha value is -2.45. The number of hydrogen-bond acceptors (Lipinski definition) is 10. The van der Waals surface area contributed by atoms with Crippen LogP contribution in [0.4, 0.5) is 5.82 Å². The van der Waals surface area contributed by atoms with Crippen LogP contribution in [-0.4, -0.2) is 54.6 Å². The molecule has 0 radical (unpaired) electrons. The number of halogens is 1. The first-order valence-electron chi connectivity index (χ1n) is 11.6. The number of aliphatic hydroxyl groups is 1. The number of anilines is 1. The summed E-state index contributed by atoms with van der Waals surface area (Å²) < 4.78 is 32.9. The second-order valence-corrected chi connectivity index (χ2v) is 11.6. The molecule has 5 rings (SSSR count). The Labute approximate surface area is 223 Å². The number of rotatable bonds is 8. The molecule has 2 aromatic heterocycles. The fourth-order valence-electron chi connectivity index (χ4n) is 4.85. The fourth-order valence-corrected chi connectivity index (χ4v) is 6.39. The van der Waals surface area contributed by atoms with E-state index in [4.69, 9.17) is 21.5 Å². The average molecular weight is 565 g/mol. The molecule has 1 aromatic carbocycles. The first-order chi connectivity index (χ1) is 17.7. The number of hydrogen-bond donors (Lipinski definition) is 3. The Kier molecular flexibility index (Phi) is 7.59. The van der Waals surface area contributed by atoms with Crippen LogP contribution in [0.2, 0.25) is 5.02 Å². The maximum Gasteiger partial charge on any atom is 0.333 e. The van der Waals surface area contributed by atoms with Gasteiger partial charge in [-0.05, 0) is 47.9 Å². The summed E-state index contributed by atoms with van der Waals surface area (Å²) in [6.07, 6.45) is 3.18. The van der Waals surface area contributed by atoms with Crippen molar-refractivity contribution in [3.8, 4) is 0 Å². The van der Waals surface area contributed by atoms with Crippen molar-refractivity contribution in [2.75, 3.05) is 18.5 Å². The van der Waals surface area contributed by atoms with E-state index in [2.05, 4.69) is 19.5 Å². The monoisotopic (exact) mass is 564 g/mol. The zero-order valence-electron chi connectivity index (χ0n) is 19.5. The van der Waals surface area contributed by atoms with Gasteiger partial charge in [0.25, 0.3) is 0 Å². The number of ether oxygens (including phenoxy) is 1. The SMILES string of the molecule is NS(=O)(=O)OC[C@H]1C[C@@H](Nc2ncncc2C(=O)c2cc([C@@H]3OCCc4cccc(Cl)c43)cs2)C[C@@H]1O. The molecule has 0 spiro atoms. The number of nitrogens with zero attached hydrogens (tertiary/aromatic N) is 2. The summed E-state index contributed by atoms with van der Waals surface area (Å²) >= 11 is 7.79. The lowest BCUT2D eigenvalue weighted by molar-refractivity contribution is 0.0702. The van der Waals surface area contributed by atoms with Gasteiger partial charge in [-0.2, -0.15) is 8.42 Å². The van der Waals surface area contributed by atoms with Crippen LogP contribution in [0.5, 0.6) is 0 Å². The van der Waals surface area contributed by atoms with Crippen LogP contribution >= 0.6 is 22.9 Å². The number of carbonyl (C=O) groups excluding carboxylic acids is 1. The van der Waals surface area contributed by atoms with E-state index in [1.807, 2.05) is 29.6 Å². The third-order valence-corrected chi connectivity index (χ3v) is 8.35. The Bertz CT molecular complexity index is 1420. The molecule has 37 heavy (non-hydrogen) atoms. The van der Waals surface area contributed by atoms with Crippen molar-refractivity contribution in [2.45, 2.75) is 37.5 Å². The lowest BCUT2D eigenvalue weighted by Crippen LogP contribution is -2.24. The highest BCUT2D eigenvalue weighted by atomic mass is 35.5. The van der Waals surface area contributed by atoms with E-state index in [1.165, 1.54) is 23.9 Å². The Balaban J connectivity index is 1.32. The summed E-state index contributed by atoms with van der Waals surface area (Å²) in [5, 5.41) is 21.0. The summed E-state index contributed by atoms with van der Waals surface area (Å²) in [6.45, 7) is 0.344. The molecule has 1 saturated carbocycles. The number of nitrogens with one attached hydrogen (secondary N) is 1. The standard InChI is InChI=1S/C24H25ClN4O6S2/c25-18-3-1-2-13-4-5-34-23(21(13)18)15-7-20(36-11-15)22(31)17-9-27-12-28-24(17)29-16-6-14(19(30)8-16)10-35-37(26,32)33/h1-3,7,9,11-12,14,16,19,23,30H,4-6,8,10H2,(H2,26,32,33)(H,27,28,29)/t14-,16-,19+,23+/m1/s1. The number of ketones is 1. The third kappa shape index (κ3) is 5.85. The minimum absolute atomic E-state index is 0.220. The van der Waals surface area contributed by atoms with E-state index in [1.54, 1.807) is 0 Å². The summed E-state index contributed by atoms with van der Waals surface area (Å²) in [6, 6.07) is 7.37. The van der Waals surface area contributed by atoms with Crippen molar-refractivity contribution in [3.63, 3.8) is 0 Å². The van der Waals surface area contributed by atoms with Crippen molar-refractivity contribution in [1.29, 1.82) is 0 Å². The molecule has 4 atom stereocenters. The molecule has 196 valence electrons. The number of fused-ring (bicyclic) bond motifs is 1. The van der Waals surface area contributed by atoms with Crippen LogP contribution in [0, 0.1) is 5.92 Å². The fraction of sp³-hybridized carbons (Fsp3) is 0.375. The third-order valence-electron chi connectivity index (χ3n) is 6.61. The number of aliphatic hydroxyl groups excluding tert-OH is 1. The van der Waals surface area contributed by atoms with Crippen LogP contribution in [0.25, 0.3) is 0 Å². The topological polar surface area (TPSA) is 154 Å². The highest BCUT2D eigenvalue weighted by Gasteiger charge is 2.35. The van der Waals surface area contributed by atoms with Crippen LogP contribution in [0.1, 0.15) is 50.9 Å². The van der Waals surface area contributed by atoms with Crippen molar-refractivity contribution in [1.82, 2.24) is 9.97 Å². The van der Waals surface area contributed by atoms with E-state index in [0.717, 1.165) is 23.1 Å². The summed E-state index contributed by atoms with van der Waals surface area (Å²) in [5.74, 6) is -0.341. The predicted octanol–water partition coefficient (Wildman–Crippen LogP) is 2.86. The van der Waals surface area contributed by atoms with E-state index < -0.39 is 22.3 Å². The maximum absolute atomic E-state index is 13.5. The number of nitrogens with two attached hydrogens (primary N) is 1. The van der Waals surface area contributed by atoms with Crippen LogP contribution in [-0.2, 0) is 25.6 Å². The first-order valence-corrected chi connectivity index (χ1v) is 14.4.